The van der Waals surface area contributed by atoms with Gasteiger partial charge in [-0.15, -0.1) is 0 Å². The molecule has 0 aliphatic heterocycles. The van der Waals surface area contributed by atoms with Crippen molar-refractivity contribution in [3.05, 3.63) is 35.9 Å². The maximum absolute atomic E-state index is 8.65. The van der Waals surface area contributed by atoms with Gasteiger partial charge in [0, 0.05) is 12.8 Å². The lowest BCUT2D eigenvalue weighted by Crippen LogP contribution is -1.95. The number of hydrogen-bond donors (Lipinski definition) is 0. The van der Waals surface area contributed by atoms with Gasteiger partial charge >= 0.3 is 0 Å². The summed E-state index contributed by atoms with van der Waals surface area (Å²) in [5.41, 5.74) is 1.08. The van der Waals surface area contributed by atoms with Gasteiger partial charge in [0.2, 0.25) is 0 Å². The highest BCUT2D eigenvalue weighted by molar-refractivity contribution is 5.18. The summed E-state index contributed by atoms with van der Waals surface area (Å²) in [6, 6.07) is 14.0. The van der Waals surface area contributed by atoms with Crippen LogP contribution in [0.15, 0.2) is 40.6 Å². The first-order chi connectivity index (χ1) is 8.88. The minimum absolute atomic E-state index is 0.0482. The monoisotopic (exact) mass is 240 g/mol. The Balaban J connectivity index is 2.57. The van der Waals surface area contributed by atoms with Crippen LogP contribution in [0.5, 0.6) is 0 Å². The van der Waals surface area contributed by atoms with E-state index in [0.717, 1.165) is 12.0 Å². The molecule has 1 aromatic carbocycles. The molecule has 0 N–H and O–H groups in total. The average Bonchev–Trinajstić information content (AvgIpc) is 2.43. The highest BCUT2D eigenvalue weighted by atomic mass is 15.1. The van der Waals surface area contributed by atoms with Crippen LogP contribution in [0.2, 0.25) is 0 Å². The van der Waals surface area contributed by atoms with E-state index in [-0.39, 0.29) is 6.04 Å². The second-order valence-corrected chi connectivity index (χ2v) is 3.87. The number of rotatable bonds is 7. The molecule has 1 aromatic rings. The first-order valence-corrected chi connectivity index (χ1v) is 6.04. The third-order valence-electron chi connectivity index (χ3n) is 2.48. The van der Waals surface area contributed by atoms with Gasteiger partial charge in [0.05, 0.1) is 24.7 Å². The van der Waals surface area contributed by atoms with E-state index in [0.29, 0.717) is 25.8 Å². The number of azo groups is 1. The molecule has 0 aliphatic carbocycles. The van der Waals surface area contributed by atoms with E-state index in [1.165, 1.54) is 0 Å². The molecule has 0 aliphatic rings. The zero-order chi connectivity index (χ0) is 13.1. The van der Waals surface area contributed by atoms with Crippen molar-refractivity contribution in [2.75, 3.05) is 6.54 Å². The molecule has 4 nitrogen and oxygen atoms in total. The molecule has 92 valence electrons. The lowest BCUT2D eigenvalue weighted by Gasteiger charge is -2.09. The van der Waals surface area contributed by atoms with Gasteiger partial charge in [0.15, 0.2) is 0 Å². The fourth-order valence-electron chi connectivity index (χ4n) is 1.55. The first kappa shape index (κ1) is 13.9. The molecular formula is C14H16N4. The van der Waals surface area contributed by atoms with Crippen LogP contribution in [0.25, 0.3) is 0 Å². The summed E-state index contributed by atoms with van der Waals surface area (Å²) >= 11 is 0. The molecule has 0 aromatic heterocycles. The maximum atomic E-state index is 8.65. The van der Waals surface area contributed by atoms with E-state index >= 15 is 0 Å². The van der Waals surface area contributed by atoms with Crippen molar-refractivity contribution in [1.29, 1.82) is 10.5 Å². The summed E-state index contributed by atoms with van der Waals surface area (Å²) in [6.45, 7) is 0.573. The summed E-state index contributed by atoms with van der Waals surface area (Å²) < 4.78 is 0. The van der Waals surface area contributed by atoms with Crippen LogP contribution in [0.4, 0.5) is 0 Å². The van der Waals surface area contributed by atoms with Gasteiger partial charge in [0.1, 0.15) is 0 Å². The normalized spacial score (nSPS) is 11.9. The standard InChI is InChI=1S/C14H16N4/c15-10-4-5-12-17-18-14(9-6-11-16)13-7-2-1-3-8-13/h1-3,7-8,14H,4-6,9,12H2. The van der Waals surface area contributed by atoms with E-state index in [4.69, 9.17) is 10.5 Å². The Morgan fingerprint density at radius 2 is 1.78 bits per heavy atom. The number of nitriles is 2. The van der Waals surface area contributed by atoms with E-state index in [9.17, 15) is 0 Å². The second-order valence-electron chi connectivity index (χ2n) is 3.87. The SMILES string of the molecule is N#CCCCN=NC(CCC#N)c1ccccc1. The fourth-order valence-corrected chi connectivity index (χ4v) is 1.55. The van der Waals surface area contributed by atoms with Crippen LogP contribution in [0.3, 0.4) is 0 Å². The van der Waals surface area contributed by atoms with Gasteiger partial charge in [0.25, 0.3) is 0 Å². The van der Waals surface area contributed by atoms with Crippen LogP contribution < -0.4 is 0 Å². The largest absolute Gasteiger partial charge is 0.198 e. The van der Waals surface area contributed by atoms with E-state index in [2.05, 4.69) is 22.4 Å². The van der Waals surface area contributed by atoms with E-state index in [1.54, 1.807) is 0 Å². The van der Waals surface area contributed by atoms with Gasteiger partial charge < -0.3 is 0 Å². The van der Waals surface area contributed by atoms with Gasteiger partial charge in [-0.1, -0.05) is 30.3 Å². The Morgan fingerprint density at radius 3 is 2.44 bits per heavy atom. The summed E-state index contributed by atoms with van der Waals surface area (Å²) in [5, 5.41) is 25.4. The van der Waals surface area contributed by atoms with Crippen molar-refractivity contribution < 1.29 is 0 Å². The Bertz CT molecular complexity index is 439. The molecule has 18 heavy (non-hydrogen) atoms. The Kier molecular flexibility index (Phi) is 6.85. The molecule has 1 atom stereocenters. The van der Waals surface area contributed by atoms with Crippen molar-refractivity contribution in [1.82, 2.24) is 0 Å². The first-order valence-electron chi connectivity index (χ1n) is 6.04. The molecule has 1 unspecified atom stereocenters. The minimum Gasteiger partial charge on any atom is -0.198 e. The summed E-state index contributed by atoms with van der Waals surface area (Å²) in [6.07, 6.45) is 2.39. The molecule has 0 fully saturated rings. The summed E-state index contributed by atoms with van der Waals surface area (Å²) in [4.78, 5) is 0. The maximum Gasteiger partial charge on any atom is 0.0967 e. The summed E-state index contributed by atoms with van der Waals surface area (Å²) in [5.74, 6) is 0. The molecule has 4 heteroatoms. The lowest BCUT2D eigenvalue weighted by molar-refractivity contribution is 0.614. The number of unbranched alkanes of at least 4 members (excludes halogenated alkanes) is 1. The molecule has 0 amide bonds. The Hall–Kier alpha value is -2.20. The molecular weight excluding hydrogens is 224 g/mol. The molecule has 0 radical (unpaired) electrons. The van der Waals surface area contributed by atoms with Crippen molar-refractivity contribution in [2.45, 2.75) is 31.7 Å². The number of hydrogen-bond acceptors (Lipinski definition) is 4. The topological polar surface area (TPSA) is 72.3 Å². The predicted octanol–water partition coefficient (Wildman–Crippen LogP) is 3.79. The summed E-state index contributed by atoms with van der Waals surface area (Å²) in [7, 11) is 0. The molecule has 1 rings (SSSR count). The van der Waals surface area contributed by atoms with E-state index < -0.39 is 0 Å². The van der Waals surface area contributed by atoms with Crippen molar-refractivity contribution in [2.24, 2.45) is 10.2 Å². The Labute approximate surface area is 108 Å². The fraction of sp³-hybridized carbons (Fsp3) is 0.429. The van der Waals surface area contributed by atoms with E-state index in [1.807, 2.05) is 30.3 Å². The average molecular weight is 240 g/mol. The second kappa shape index (κ2) is 8.90. The van der Waals surface area contributed by atoms with Crippen LogP contribution in [0, 0.1) is 22.7 Å². The molecule has 0 spiro atoms. The zero-order valence-corrected chi connectivity index (χ0v) is 10.3. The zero-order valence-electron chi connectivity index (χ0n) is 10.3. The van der Waals surface area contributed by atoms with Gasteiger partial charge in [-0.3, -0.25) is 0 Å². The molecule has 0 saturated heterocycles. The van der Waals surface area contributed by atoms with Crippen LogP contribution in [-0.2, 0) is 0 Å². The molecule has 0 bridgehead atoms. The van der Waals surface area contributed by atoms with Crippen molar-refractivity contribution in [3.63, 3.8) is 0 Å². The third-order valence-corrected chi connectivity index (χ3v) is 2.48. The number of benzene rings is 1. The van der Waals surface area contributed by atoms with Gasteiger partial charge in [-0.05, 0) is 18.4 Å². The third kappa shape index (κ3) is 5.23. The predicted molar refractivity (Wildman–Crippen MR) is 68.6 cm³/mol. The van der Waals surface area contributed by atoms with Crippen LogP contribution >= 0.6 is 0 Å². The molecule has 0 heterocycles. The number of nitrogens with zero attached hydrogens (tertiary/aromatic N) is 4. The van der Waals surface area contributed by atoms with Crippen LogP contribution in [-0.4, -0.2) is 6.54 Å². The minimum atomic E-state index is -0.0482. The highest BCUT2D eigenvalue weighted by Crippen LogP contribution is 2.22. The van der Waals surface area contributed by atoms with Crippen molar-refractivity contribution >= 4 is 0 Å². The highest BCUT2D eigenvalue weighted by Gasteiger charge is 2.09. The smallest absolute Gasteiger partial charge is 0.0967 e. The van der Waals surface area contributed by atoms with Gasteiger partial charge in [-0.25, -0.2) is 0 Å². The van der Waals surface area contributed by atoms with Crippen LogP contribution in [0.1, 0.15) is 37.3 Å². The Morgan fingerprint density at radius 1 is 1.06 bits per heavy atom. The molecule has 0 saturated carbocycles. The van der Waals surface area contributed by atoms with Crippen molar-refractivity contribution in [3.8, 4) is 12.1 Å². The van der Waals surface area contributed by atoms with Gasteiger partial charge in [-0.2, -0.15) is 20.8 Å². The lowest BCUT2D eigenvalue weighted by atomic mass is 10.0. The quantitative estimate of drug-likeness (QED) is 0.537.